The molecule has 7 fully saturated rings. The van der Waals surface area contributed by atoms with Gasteiger partial charge in [0.2, 0.25) is 0 Å². The highest BCUT2D eigenvalue weighted by atomic mass is 16.3. The van der Waals surface area contributed by atoms with Gasteiger partial charge in [0.1, 0.15) is 5.76 Å². The van der Waals surface area contributed by atoms with Crippen LogP contribution in [-0.2, 0) is 13.5 Å². The zero-order chi connectivity index (χ0) is 93.4. The molecule has 124 heavy (non-hydrogen) atoms. The van der Waals surface area contributed by atoms with Crippen LogP contribution in [-0.4, -0.2) is 14.8 Å². The second-order valence-corrected chi connectivity index (χ2v) is 39.4. The van der Waals surface area contributed by atoms with E-state index < -0.39 is 0 Å². The lowest BCUT2D eigenvalue weighted by atomic mass is 9.78. The minimum Gasteiger partial charge on any atom is -0.472 e. The fourth-order valence-corrected chi connectivity index (χ4v) is 14.9. The Labute approximate surface area is 772 Å². The molecule has 7 aliphatic rings. The Hall–Kier alpha value is -6.20. The van der Waals surface area contributed by atoms with Crippen molar-refractivity contribution in [3.8, 4) is 0 Å². The molecule has 706 valence electrons. The summed E-state index contributed by atoms with van der Waals surface area (Å²) in [5, 5.41) is 4.23. The van der Waals surface area contributed by atoms with Crippen molar-refractivity contribution in [2.75, 3.05) is 0 Å². The van der Waals surface area contributed by atoms with Gasteiger partial charge in [-0.25, -0.2) is 0 Å². The van der Waals surface area contributed by atoms with Crippen molar-refractivity contribution >= 4 is 0 Å². The summed E-state index contributed by atoms with van der Waals surface area (Å²) in [5.41, 5.74) is 9.25. The number of aryl methyl sites for hydroxylation is 2. The summed E-state index contributed by atoms with van der Waals surface area (Å²) < 4.78 is 11.8. The van der Waals surface area contributed by atoms with Crippen LogP contribution in [0, 0.1) is 71.0 Å². The topological polar surface area (TPSA) is 57.0 Å². The Balaban J connectivity index is 0. The van der Waals surface area contributed by atoms with E-state index in [0.29, 0.717) is 41.4 Å². The molecule has 0 aliphatic heterocycles. The maximum atomic E-state index is 5.09. The predicted octanol–water partition coefficient (Wildman–Crippen LogP) is 39.5. The third-order valence-electron chi connectivity index (χ3n) is 25.1. The molecule has 4 aromatic heterocycles. The van der Waals surface area contributed by atoms with Crippen LogP contribution in [0.25, 0.3) is 0 Å². The smallest absolute Gasteiger partial charge is 0.106 e. The number of benzene rings is 4. The predicted molar refractivity (Wildman–Crippen MR) is 556 cm³/mol. The molecule has 7 aliphatic carbocycles. The summed E-state index contributed by atoms with van der Waals surface area (Å²) in [6, 6.07) is 56.0. The molecule has 5 heteroatoms. The van der Waals surface area contributed by atoms with Crippen LogP contribution in [0.4, 0.5) is 0 Å². The van der Waals surface area contributed by atoms with E-state index in [-0.39, 0.29) is 0 Å². The minimum atomic E-state index is 0.519. The van der Waals surface area contributed by atoms with Crippen LogP contribution in [0.1, 0.15) is 474 Å². The first-order valence-electron chi connectivity index (χ1n) is 51.5. The van der Waals surface area contributed by atoms with Crippen LogP contribution in [0.2, 0.25) is 0 Å². The highest BCUT2D eigenvalue weighted by molar-refractivity contribution is 5.20. The molecule has 0 spiro atoms. The van der Waals surface area contributed by atoms with Crippen molar-refractivity contribution in [3.05, 3.63) is 240 Å². The summed E-state index contributed by atoms with van der Waals surface area (Å²) in [7, 11) is 1.94. The zero-order valence-electron chi connectivity index (χ0n) is 87.4. The van der Waals surface area contributed by atoms with Gasteiger partial charge in [0.15, 0.2) is 0 Å². The van der Waals surface area contributed by atoms with Gasteiger partial charge in [0.25, 0.3) is 0 Å². The van der Waals surface area contributed by atoms with Crippen LogP contribution >= 0.6 is 0 Å². The van der Waals surface area contributed by atoms with E-state index in [0.717, 1.165) is 94.6 Å². The van der Waals surface area contributed by atoms with E-state index in [2.05, 4.69) is 294 Å². The number of hydrogen-bond acceptors (Lipinski definition) is 4. The minimum absolute atomic E-state index is 0.519. The molecule has 5 nitrogen and oxygen atoms in total. The largest absolute Gasteiger partial charge is 0.472 e. The van der Waals surface area contributed by atoms with E-state index in [4.69, 9.17) is 8.83 Å². The highest BCUT2D eigenvalue weighted by Crippen LogP contribution is 2.37. The van der Waals surface area contributed by atoms with Crippen molar-refractivity contribution in [2.45, 2.75) is 436 Å². The SMILES string of the molecule is CC.CC.CC(C)C1CC1.CC(C)C1CCC1.CC(C)C1CCCC1.CC(C)C1CCCCC1.CC(C)C1CCCCC1.CC(C)c1ccccc1.CC(C)c1ccccc1.CC(C)c1ccccc1.CC(C)c1ccccn1.CC(C)c1ccco1.CC(C)c1ccn(C)n1.CC(C)c1ccoc1.CCC1CC1.CCC1CCCC1.CCc1ccccc1. The summed E-state index contributed by atoms with van der Waals surface area (Å²) in [6.45, 7) is 68.4. The maximum Gasteiger partial charge on any atom is 0.106 e. The lowest BCUT2D eigenvalue weighted by Crippen LogP contribution is -2.16. The van der Waals surface area contributed by atoms with Gasteiger partial charge in [-0.2, -0.15) is 5.10 Å². The van der Waals surface area contributed by atoms with E-state index in [1.54, 1.807) is 18.8 Å². The fourth-order valence-electron chi connectivity index (χ4n) is 14.9. The molecule has 0 bridgehead atoms. The average Bonchev–Trinajstić information content (AvgIpc) is 1.69. The Bertz CT molecular complexity index is 3140. The number of aromatic nitrogens is 3. The number of nitrogens with zero attached hydrogens (tertiary/aromatic N) is 3. The lowest BCUT2D eigenvalue weighted by molar-refractivity contribution is 0.235. The number of furan rings is 2. The molecule has 0 unspecified atom stereocenters. The molecule has 0 N–H and O–H groups in total. The van der Waals surface area contributed by atoms with Crippen molar-refractivity contribution < 1.29 is 8.83 Å². The van der Waals surface area contributed by atoms with Crippen molar-refractivity contribution in [1.29, 1.82) is 0 Å². The summed E-state index contributed by atoms with van der Waals surface area (Å²) >= 11 is 0. The third-order valence-corrected chi connectivity index (χ3v) is 25.1. The quantitative estimate of drug-likeness (QED) is 0.103. The second-order valence-electron chi connectivity index (χ2n) is 39.4. The first-order chi connectivity index (χ1) is 59.3. The molecule has 0 amide bonds. The van der Waals surface area contributed by atoms with Gasteiger partial charge in [0.05, 0.1) is 24.5 Å². The van der Waals surface area contributed by atoms with E-state index in [1.807, 2.05) is 119 Å². The molecule has 15 rings (SSSR count). The van der Waals surface area contributed by atoms with Gasteiger partial charge >= 0.3 is 0 Å². The molecule has 0 atom stereocenters. The Morgan fingerprint density at radius 1 is 0.298 bits per heavy atom. The van der Waals surface area contributed by atoms with Gasteiger partial charge in [0, 0.05) is 31.1 Å². The number of pyridine rings is 1. The Morgan fingerprint density at radius 3 is 0.790 bits per heavy atom. The summed E-state index contributed by atoms with van der Waals surface area (Å²) in [6.07, 6.45) is 50.4. The Kier molecular flexibility index (Phi) is 75.3. The van der Waals surface area contributed by atoms with Crippen molar-refractivity contribution in [1.82, 2.24) is 14.8 Å². The lowest BCUT2D eigenvalue weighted by Gasteiger charge is -2.28. The first-order valence-corrected chi connectivity index (χ1v) is 51.5. The van der Waals surface area contributed by atoms with Gasteiger partial charge in [-0.1, -0.05) is 503 Å². The Morgan fingerprint density at radius 2 is 0.629 bits per heavy atom. The van der Waals surface area contributed by atoms with E-state index in [9.17, 15) is 0 Å². The van der Waals surface area contributed by atoms with Crippen LogP contribution in [0.3, 0.4) is 0 Å². The van der Waals surface area contributed by atoms with Gasteiger partial charge in [-0.15, -0.1) is 0 Å². The van der Waals surface area contributed by atoms with E-state index in [1.165, 1.54) is 201 Å². The first kappa shape index (κ1) is 120. The normalized spacial score (nSPS) is 15.2. The number of hydrogen-bond donors (Lipinski definition) is 0. The van der Waals surface area contributed by atoms with Crippen LogP contribution in [0.5, 0.6) is 0 Å². The van der Waals surface area contributed by atoms with Gasteiger partial charge in [-0.05, 0) is 190 Å². The molecule has 7 saturated carbocycles. The van der Waals surface area contributed by atoms with Crippen molar-refractivity contribution in [2.24, 2.45) is 78.1 Å². The highest BCUT2D eigenvalue weighted by Gasteiger charge is 2.24. The van der Waals surface area contributed by atoms with E-state index >= 15 is 0 Å². The molecule has 0 radical (unpaired) electrons. The fraction of sp³-hybridized carbons (Fsp3) is 0.664. The molecule has 4 heterocycles. The van der Waals surface area contributed by atoms with Crippen LogP contribution in [0.15, 0.2) is 204 Å². The zero-order valence-corrected chi connectivity index (χ0v) is 87.4. The van der Waals surface area contributed by atoms with Gasteiger partial charge in [-0.3, -0.25) is 9.67 Å². The summed E-state index contributed by atoms with van der Waals surface area (Å²) in [4.78, 5) is 4.18. The molecular weight excluding hydrogens is 1500 g/mol. The molecule has 8 aromatic rings. The second kappa shape index (κ2) is 77.9. The maximum absolute atomic E-state index is 5.09. The average molecular weight is 1710 g/mol. The molecule has 4 aromatic carbocycles. The van der Waals surface area contributed by atoms with Crippen LogP contribution < -0.4 is 0 Å². The summed E-state index contributed by atoms with van der Waals surface area (Å²) in [5.74, 6) is 17.6. The number of rotatable bonds is 15. The van der Waals surface area contributed by atoms with Gasteiger partial charge < -0.3 is 8.83 Å². The van der Waals surface area contributed by atoms with Crippen molar-refractivity contribution in [3.63, 3.8) is 0 Å². The molecular formula is C119H203N3O2. The monoisotopic (exact) mass is 1710 g/mol. The molecule has 0 saturated heterocycles. The third kappa shape index (κ3) is 65.4. The standard InChI is InChI=1S/2C9H18.3C9H12.C8H11N.C8H16.C8H10.C7H12N2.2C7H10O.2C7H14.C6H12.C5H10.2C2H6/c5*1-8(2)9-6-4-3-5-7-9;1-7(2)8-5-3-4-6-9-8;1-7(2)8-5-3-4-6-8;1-2-8-6-4-3-5-7-8;1-6(2)7-4-5-9(3)8-7;1-6(2)7-3-4-8-5-7;1-6(2)7-4-3-5-8-7;1-6(2)7-4-3-5-7;1-2-7-5-3-4-6-7;1-5(2)6-3-4-6;1-2-5-3-4-5;2*1-2/h2*8-9H,3-7H2,1-2H3;3*3-8H,1-2H3;3-7H,1-2H3;7-8H,3-6H2,1-2H3;3-7H,2H2,1H3;4-6H,1-3H3;2*3-6H,1-2H3;6-7H,3-5H2,1-2H3;7H,2-6H2,1H3;5-6H,3-4H2,1-2H3;5H,2-4H2,1H3;2*1-2H3.